The van der Waals surface area contributed by atoms with Gasteiger partial charge < -0.3 is 10.4 Å². The van der Waals surface area contributed by atoms with Crippen LogP contribution in [-0.2, 0) is 0 Å². The minimum Gasteiger partial charge on any atom is -0.396 e. The zero-order chi connectivity index (χ0) is 13.9. The van der Waals surface area contributed by atoms with Crippen LogP contribution in [0.4, 0.5) is 4.39 Å². The third-order valence-corrected chi connectivity index (χ3v) is 4.29. The van der Waals surface area contributed by atoms with Gasteiger partial charge in [-0.3, -0.25) is 4.79 Å². The highest BCUT2D eigenvalue weighted by Gasteiger charge is 2.33. The van der Waals surface area contributed by atoms with E-state index in [1.165, 1.54) is 12.1 Å². The Morgan fingerprint density at radius 1 is 1.42 bits per heavy atom. The quantitative estimate of drug-likeness (QED) is 0.892. The summed E-state index contributed by atoms with van der Waals surface area (Å²) in [5.74, 6) is -0.969. The van der Waals surface area contributed by atoms with Gasteiger partial charge in [-0.25, -0.2) is 4.39 Å². The average molecular weight is 330 g/mol. The summed E-state index contributed by atoms with van der Waals surface area (Å²) in [5, 5.41) is 12.2. The van der Waals surface area contributed by atoms with E-state index in [2.05, 4.69) is 21.2 Å². The number of benzene rings is 1. The van der Waals surface area contributed by atoms with Crippen molar-refractivity contribution < 1.29 is 14.3 Å². The molecule has 0 spiro atoms. The van der Waals surface area contributed by atoms with Crippen molar-refractivity contribution in [2.45, 2.75) is 25.7 Å². The first-order valence-electron chi connectivity index (χ1n) is 6.40. The molecule has 104 valence electrons. The van der Waals surface area contributed by atoms with Crippen molar-refractivity contribution in [2.75, 3.05) is 13.2 Å². The predicted molar refractivity (Wildman–Crippen MR) is 74.4 cm³/mol. The summed E-state index contributed by atoms with van der Waals surface area (Å²) in [6.45, 7) is 0.461. The highest BCUT2D eigenvalue weighted by Crippen LogP contribution is 2.36. The monoisotopic (exact) mass is 329 g/mol. The molecule has 0 aromatic heterocycles. The van der Waals surface area contributed by atoms with Crippen LogP contribution in [0.15, 0.2) is 22.7 Å². The lowest BCUT2D eigenvalue weighted by Gasteiger charge is -2.26. The molecule has 0 unspecified atom stereocenters. The standard InChI is InChI=1S/C14H17BrFNO2/c15-10-3-4-12(16)11(7-10)13(19)17-8-14(9-18)5-1-2-6-14/h3-4,7,18H,1-2,5-6,8-9H2,(H,17,19). The van der Waals surface area contributed by atoms with E-state index in [1.54, 1.807) is 6.07 Å². The maximum absolute atomic E-state index is 13.6. The Hall–Kier alpha value is -0.940. The number of amides is 1. The summed E-state index contributed by atoms with van der Waals surface area (Å²) in [5.41, 5.74) is -0.196. The van der Waals surface area contributed by atoms with Gasteiger partial charge in [-0.2, -0.15) is 0 Å². The Kier molecular flexibility index (Phi) is 4.58. The van der Waals surface area contributed by atoms with E-state index in [0.717, 1.165) is 25.7 Å². The number of nitrogens with one attached hydrogen (secondary N) is 1. The minimum absolute atomic E-state index is 0.0282. The summed E-state index contributed by atoms with van der Waals surface area (Å²) < 4.78 is 14.2. The predicted octanol–water partition coefficient (Wildman–Crippen LogP) is 2.87. The van der Waals surface area contributed by atoms with E-state index in [4.69, 9.17) is 0 Å². The molecule has 1 aliphatic carbocycles. The first-order chi connectivity index (χ1) is 9.06. The molecule has 2 N–H and O–H groups in total. The second kappa shape index (κ2) is 6.01. The number of aliphatic hydroxyl groups is 1. The largest absolute Gasteiger partial charge is 0.396 e. The lowest BCUT2D eigenvalue weighted by atomic mass is 9.87. The van der Waals surface area contributed by atoms with Gasteiger partial charge in [0.25, 0.3) is 5.91 Å². The molecule has 0 radical (unpaired) electrons. The number of carbonyl (C=O) groups is 1. The smallest absolute Gasteiger partial charge is 0.254 e. The number of hydrogen-bond donors (Lipinski definition) is 2. The third kappa shape index (κ3) is 3.34. The molecule has 1 saturated carbocycles. The fraction of sp³-hybridized carbons (Fsp3) is 0.500. The molecular weight excluding hydrogens is 313 g/mol. The average Bonchev–Trinajstić information content (AvgIpc) is 2.88. The van der Waals surface area contributed by atoms with Crippen LogP contribution in [0.25, 0.3) is 0 Å². The summed E-state index contributed by atoms with van der Waals surface area (Å²) in [6, 6.07) is 4.28. The van der Waals surface area contributed by atoms with Crippen molar-refractivity contribution >= 4 is 21.8 Å². The molecule has 1 aromatic carbocycles. The summed E-state index contributed by atoms with van der Waals surface area (Å²) >= 11 is 3.22. The van der Waals surface area contributed by atoms with Crippen molar-refractivity contribution in [3.8, 4) is 0 Å². The first-order valence-corrected chi connectivity index (χ1v) is 7.20. The van der Waals surface area contributed by atoms with Gasteiger partial charge >= 0.3 is 0 Å². The molecule has 1 aliphatic rings. The van der Waals surface area contributed by atoms with Crippen LogP contribution in [-0.4, -0.2) is 24.2 Å². The van der Waals surface area contributed by atoms with Gasteiger partial charge in [0.15, 0.2) is 0 Å². The molecule has 0 heterocycles. The number of halogens is 2. The van der Waals surface area contributed by atoms with Gasteiger partial charge in [0.05, 0.1) is 12.2 Å². The van der Waals surface area contributed by atoms with Crippen molar-refractivity contribution in [1.29, 1.82) is 0 Å². The summed E-state index contributed by atoms with van der Waals surface area (Å²) in [7, 11) is 0. The van der Waals surface area contributed by atoms with Crippen LogP contribution < -0.4 is 5.32 Å². The van der Waals surface area contributed by atoms with E-state index in [9.17, 15) is 14.3 Å². The van der Waals surface area contributed by atoms with Gasteiger partial charge in [-0.05, 0) is 31.0 Å². The number of aliphatic hydroxyl groups excluding tert-OH is 1. The van der Waals surface area contributed by atoms with Crippen LogP contribution in [0.2, 0.25) is 0 Å². The second-order valence-electron chi connectivity index (χ2n) is 5.17. The Labute approximate surface area is 120 Å². The molecule has 1 amide bonds. The molecule has 0 atom stereocenters. The van der Waals surface area contributed by atoms with Crippen molar-refractivity contribution in [2.24, 2.45) is 5.41 Å². The Bertz CT molecular complexity index is 473. The fourth-order valence-electron chi connectivity index (χ4n) is 2.55. The summed E-state index contributed by atoms with van der Waals surface area (Å²) in [6.07, 6.45) is 3.96. The zero-order valence-corrected chi connectivity index (χ0v) is 12.2. The Morgan fingerprint density at radius 3 is 2.74 bits per heavy atom. The lowest BCUT2D eigenvalue weighted by molar-refractivity contribution is 0.0877. The Balaban J connectivity index is 2.03. The molecule has 1 aromatic rings. The topological polar surface area (TPSA) is 49.3 Å². The minimum atomic E-state index is -0.537. The van der Waals surface area contributed by atoms with Gasteiger partial charge in [-0.1, -0.05) is 28.8 Å². The van der Waals surface area contributed by atoms with Crippen LogP contribution in [0, 0.1) is 11.2 Å². The van der Waals surface area contributed by atoms with E-state index in [-0.39, 0.29) is 17.6 Å². The fourth-order valence-corrected chi connectivity index (χ4v) is 2.91. The van der Waals surface area contributed by atoms with E-state index in [1.807, 2.05) is 0 Å². The lowest BCUT2D eigenvalue weighted by Crippen LogP contribution is -2.38. The van der Waals surface area contributed by atoms with E-state index in [0.29, 0.717) is 11.0 Å². The zero-order valence-electron chi connectivity index (χ0n) is 10.6. The maximum Gasteiger partial charge on any atom is 0.254 e. The van der Waals surface area contributed by atoms with Crippen molar-refractivity contribution in [3.63, 3.8) is 0 Å². The highest BCUT2D eigenvalue weighted by atomic mass is 79.9. The molecular formula is C14H17BrFNO2. The molecule has 1 fully saturated rings. The third-order valence-electron chi connectivity index (χ3n) is 3.80. The van der Waals surface area contributed by atoms with Crippen LogP contribution in [0.3, 0.4) is 0 Å². The molecule has 0 aliphatic heterocycles. The van der Waals surface area contributed by atoms with E-state index >= 15 is 0 Å². The molecule has 0 bridgehead atoms. The van der Waals surface area contributed by atoms with Gasteiger partial charge in [-0.15, -0.1) is 0 Å². The number of rotatable bonds is 4. The highest BCUT2D eigenvalue weighted by molar-refractivity contribution is 9.10. The van der Waals surface area contributed by atoms with Crippen molar-refractivity contribution in [3.05, 3.63) is 34.1 Å². The first kappa shape index (κ1) is 14.5. The molecule has 5 heteroatoms. The number of hydrogen-bond acceptors (Lipinski definition) is 2. The van der Waals surface area contributed by atoms with Crippen LogP contribution in [0.5, 0.6) is 0 Å². The number of carbonyl (C=O) groups excluding carboxylic acids is 1. The SMILES string of the molecule is O=C(NCC1(CO)CCCC1)c1cc(Br)ccc1F. The molecule has 0 saturated heterocycles. The van der Waals surface area contributed by atoms with Crippen LogP contribution in [0.1, 0.15) is 36.0 Å². The van der Waals surface area contributed by atoms with Crippen molar-refractivity contribution in [1.82, 2.24) is 5.32 Å². The van der Waals surface area contributed by atoms with E-state index < -0.39 is 11.7 Å². The molecule has 19 heavy (non-hydrogen) atoms. The Morgan fingerprint density at radius 2 is 2.11 bits per heavy atom. The molecule has 2 rings (SSSR count). The van der Waals surface area contributed by atoms with Gasteiger partial charge in [0.1, 0.15) is 5.82 Å². The normalized spacial score (nSPS) is 17.4. The maximum atomic E-state index is 13.6. The molecule has 3 nitrogen and oxygen atoms in total. The second-order valence-corrected chi connectivity index (χ2v) is 6.09. The summed E-state index contributed by atoms with van der Waals surface area (Å²) in [4.78, 5) is 12.0. The van der Waals surface area contributed by atoms with Gasteiger partial charge in [0, 0.05) is 16.4 Å². The van der Waals surface area contributed by atoms with Crippen LogP contribution >= 0.6 is 15.9 Å². The van der Waals surface area contributed by atoms with Gasteiger partial charge in [0.2, 0.25) is 0 Å².